The van der Waals surface area contributed by atoms with Gasteiger partial charge in [-0.05, 0) is 65.6 Å². The highest BCUT2D eigenvalue weighted by atomic mass is 16.5. The first-order chi connectivity index (χ1) is 17.6. The van der Waals surface area contributed by atoms with Crippen LogP contribution in [-0.2, 0) is 32.2 Å². The minimum Gasteiger partial charge on any atom is -0.323 e. The third-order valence-electron chi connectivity index (χ3n) is 7.43. The molecule has 1 atom stereocenters. The molecule has 2 heterocycles. The number of H-pyrrole nitrogens is 1. The number of nitrogens with zero attached hydrogens (tertiary/aromatic N) is 3. The van der Waals surface area contributed by atoms with Crippen molar-refractivity contribution in [1.82, 2.24) is 19.7 Å². The summed E-state index contributed by atoms with van der Waals surface area (Å²) in [6, 6.07) is 22.0. The molecule has 1 aliphatic rings. The monoisotopic (exact) mass is 478 g/mol. The average molecular weight is 479 g/mol. The van der Waals surface area contributed by atoms with Crippen LogP contribution in [0.3, 0.4) is 0 Å². The number of benzene rings is 3. The number of fused-ring (bicyclic) bond motifs is 3. The van der Waals surface area contributed by atoms with Crippen molar-refractivity contribution in [2.24, 2.45) is 0 Å². The first kappa shape index (κ1) is 22.5. The Hall–Kier alpha value is -3.93. The van der Waals surface area contributed by atoms with Crippen LogP contribution < -0.4 is 5.76 Å². The van der Waals surface area contributed by atoms with Gasteiger partial charge in [0.2, 0.25) is 0 Å². The molecule has 6 heteroatoms. The maximum Gasteiger partial charge on any atom is 0.438 e. The number of hydrogen-bond donors (Lipinski definition) is 1. The highest BCUT2D eigenvalue weighted by Crippen LogP contribution is 2.37. The van der Waals surface area contributed by atoms with Crippen LogP contribution in [0.2, 0.25) is 0 Å². The maximum atomic E-state index is 11.6. The predicted octanol–water partition coefficient (Wildman–Crippen LogP) is 5.50. The zero-order valence-corrected chi connectivity index (χ0v) is 20.8. The third kappa shape index (κ3) is 4.06. The predicted molar refractivity (Wildman–Crippen MR) is 141 cm³/mol. The van der Waals surface area contributed by atoms with E-state index in [1.807, 2.05) is 0 Å². The zero-order chi connectivity index (χ0) is 24.6. The van der Waals surface area contributed by atoms with Crippen molar-refractivity contribution in [2.45, 2.75) is 58.4 Å². The summed E-state index contributed by atoms with van der Waals surface area (Å²) in [4.78, 5) is 19.3. The van der Waals surface area contributed by atoms with Crippen LogP contribution >= 0.6 is 0 Å². The molecule has 0 bridgehead atoms. The van der Waals surface area contributed by atoms with Gasteiger partial charge >= 0.3 is 5.76 Å². The lowest BCUT2D eigenvalue weighted by molar-refractivity contribution is 0.380. The fraction of sp³-hybridized carbons (Fsp3) is 0.300. The molecule has 182 valence electrons. The summed E-state index contributed by atoms with van der Waals surface area (Å²) in [6.07, 6.45) is 4.61. The number of aryl methyl sites for hydroxylation is 4. The number of nitrogens with one attached hydrogen (secondary N) is 1. The van der Waals surface area contributed by atoms with Crippen molar-refractivity contribution >= 4 is 11.0 Å². The number of aromatic amines is 1. The molecular formula is C30H30N4O2. The summed E-state index contributed by atoms with van der Waals surface area (Å²) in [7, 11) is 0. The van der Waals surface area contributed by atoms with E-state index in [1.54, 1.807) is 0 Å². The number of rotatable bonds is 6. The van der Waals surface area contributed by atoms with Crippen molar-refractivity contribution in [3.63, 3.8) is 0 Å². The Kier molecular flexibility index (Phi) is 5.80. The van der Waals surface area contributed by atoms with Gasteiger partial charge in [-0.15, -0.1) is 0 Å². The molecule has 1 aliphatic carbocycles. The summed E-state index contributed by atoms with van der Waals surface area (Å²) in [5, 5.41) is 3.96. The molecule has 1 N–H and O–H groups in total. The molecule has 0 fully saturated rings. The van der Waals surface area contributed by atoms with Crippen LogP contribution in [0, 0.1) is 6.92 Å². The van der Waals surface area contributed by atoms with Crippen molar-refractivity contribution < 1.29 is 4.52 Å². The molecule has 6 rings (SSSR count). The van der Waals surface area contributed by atoms with Crippen LogP contribution in [0.25, 0.3) is 11.0 Å². The Morgan fingerprint density at radius 1 is 1.03 bits per heavy atom. The maximum absolute atomic E-state index is 11.6. The van der Waals surface area contributed by atoms with Crippen LogP contribution in [0.4, 0.5) is 0 Å². The Morgan fingerprint density at radius 3 is 2.69 bits per heavy atom. The van der Waals surface area contributed by atoms with E-state index in [0.717, 1.165) is 43.6 Å². The van der Waals surface area contributed by atoms with Gasteiger partial charge in [0.05, 0.1) is 11.0 Å². The Morgan fingerprint density at radius 2 is 1.86 bits per heavy atom. The second kappa shape index (κ2) is 9.26. The Balaban J connectivity index is 1.40. The number of aromatic nitrogens is 4. The van der Waals surface area contributed by atoms with E-state index in [4.69, 9.17) is 9.51 Å². The zero-order valence-electron chi connectivity index (χ0n) is 20.8. The largest absolute Gasteiger partial charge is 0.438 e. The summed E-state index contributed by atoms with van der Waals surface area (Å²) >= 11 is 0. The van der Waals surface area contributed by atoms with Crippen molar-refractivity contribution in [2.75, 3.05) is 0 Å². The smallest absolute Gasteiger partial charge is 0.323 e. The highest BCUT2D eigenvalue weighted by molar-refractivity contribution is 5.79. The van der Waals surface area contributed by atoms with Crippen LogP contribution in [-0.4, -0.2) is 19.7 Å². The first-order valence-electron chi connectivity index (χ1n) is 12.8. The first-order valence-corrected chi connectivity index (χ1v) is 12.8. The lowest BCUT2D eigenvalue weighted by Gasteiger charge is -2.20. The molecule has 0 aliphatic heterocycles. The molecule has 5 aromatic rings. The summed E-state index contributed by atoms with van der Waals surface area (Å²) in [6.45, 7) is 5.15. The van der Waals surface area contributed by atoms with Crippen LogP contribution in [0.15, 0.2) is 70.0 Å². The van der Waals surface area contributed by atoms with E-state index in [2.05, 4.69) is 89.2 Å². The van der Waals surface area contributed by atoms with E-state index in [-0.39, 0.29) is 5.92 Å². The molecule has 0 saturated carbocycles. The molecule has 0 spiro atoms. The summed E-state index contributed by atoms with van der Waals surface area (Å²) < 4.78 is 7.18. The molecule has 0 saturated heterocycles. The van der Waals surface area contributed by atoms with Crippen LogP contribution in [0.5, 0.6) is 0 Å². The number of imidazole rings is 1. The lowest BCUT2D eigenvalue weighted by atomic mass is 9.85. The van der Waals surface area contributed by atoms with Gasteiger partial charge in [0.15, 0.2) is 5.82 Å². The molecule has 2 aromatic heterocycles. The standard InChI is InChI=1S/C30H30N4O2/c1-3-7-28-32-29-19(2)8-6-11-26(29)34(28)18-20-12-15-24-22(16-20)14-13-21-9-4-5-10-23(21)25(24)17-27-31-30(35)36-33-27/h4-6,8-12,15-16,25H,3,7,13-14,17-18H2,1-2H3,(H,31,33,35). The van der Waals surface area contributed by atoms with Crippen molar-refractivity contribution in [1.29, 1.82) is 0 Å². The summed E-state index contributed by atoms with van der Waals surface area (Å²) in [5.41, 5.74) is 10.1. The molecule has 6 nitrogen and oxygen atoms in total. The fourth-order valence-corrected chi connectivity index (χ4v) is 5.72. The SMILES string of the molecule is CCCc1nc2c(C)cccc2n1Cc1ccc2c(c1)CCc1ccccc1C2Cc1noc(=O)[nH]1. The van der Waals surface area contributed by atoms with Gasteiger partial charge in [0.1, 0.15) is 5.82 Å². The van der Waals surface area contributed by atoms with Gasteiger partial charge in [-0.3, -0.25) is 9.51 Å². The van der Waals surface area contributed by atoms with Gasteiger partial charge in [0.25, 0.3) is 0 Å². The second-order valence-electron chi connectivity index (χ2n) is 9.84. The second-order valence-corrected chi connectivity index (χ2v) is 9.84. The molecule has 36 heavy (non-hydrogen) atoms. The lowest BCUT2D eigenvalue weighted by Crippen LogP contribution is -2.10. The molecule has 0 radical (unpaired) electrons. The summed E-state index contributed by atoms with van der Waals surface area (Å²) in [5.74, 6) is 1.34. The number of hydrogen-bond acceptors (Lipinski definition) is 4. The van der Waals surface area contributed by atoms with E-state index in [0.29, 0.717) is 12.2 Å². The molecule has 3 aromatic carbocycles. The van der Waals surface area contributed by atoms with Gasteiger partial charge in [-0.25, -0.2) is 9.78 Å². The van der Waals surface area contributed by atoms with Crippen molar-refractivity contribution in [3.8, 4) is 0 Å². The molecule has 1 unspecified atom stereocenters. The van der Waals surface area contributed by atoms with E-state index in [1.165, 1.54) is 38.9 Å². The van der Waals surface area contributed by atoms with Gasteiger partial charge in [0, 0.05) is 25.3 Å². The molecule has 0 amide bonds. The topological polar surface area (TPSA) is 76.7 Å². The Bertz CT molecular complexity index is 1610. The van der Waals surface area contributed by atoms with Crippen LogP contribution in [0.1, 0.15) is 64.3 Å². The average Bonchev–Trinajstić information content (AvgIpc) is 3.41. The third-order valence-corrected chi connectivity index (χ3v) is 7.43. The quantitative estimate of drug-likeness (QED) is 0.350. The van der Waals surface area contributed by atoms with E-state index in [9.17, 15) is 4.79 Å². The van der Waals surface area contributed by atoms with E-state index >= 15 is 0 Å². The van der Waals surface area contributed by atoms with Crippen molar-refractivity contribution in [3.05, 3.63) is 116 Å². The highest BCUT2D eigenvalue weighted by Gasteiger charge is 2.25. The van der Waals surface area contributed by atoms with Gasteiger partial charge in [-0.1, -0.05) is 66.7 Å². The van der Waals surface area contributed by atoms with Gasteiger partial charge in [-0.2, -0.15) is 0 Å². The Labute approximate surface area is 210 Å². The normalized spacial score (nSPS) is 15.0. The molecular weight excluding hydrogens is 448 g/mol. The minimum atomic E-state index is -0.506. The fourth-order valence-electron chi connectivity index (χ4n) is 5.72. The van der Waals surface area contributed by atoms with E-state index < -0.39 is 5.76 Å². The van der Waals surface area contributed by atoms with Gasteiger partial charge < -0.3 is 4.57 Å². The minimum absolute atomic E-state index is 0.112. The number of para-hydroxylation sites is 1.